The van der Waals surface area contributed by atoms with E-state index in [2.05, 4.69) is 53.1 Å². The molecule has 0 spiro atoms. The van der Waals surface area contributed by atoms with Crippen molar-refractivity contribution in [2.24, 2.45) is 0 Å². The monoisotopic (exact) mass is 461 g/mol. The Morgan fingerprint density at radius 1 is 1.05 bits per heavy atom. The molecule has 6 heteroatoms. The normalized spacial score (nSPS) is 10.2. The summed E-state index contributed by atoms with van der Waals surface area (Å²) in [6, 6.07) is 10.7. The molecule has 0 aliphatic carbocycles. The highest BCUT2D eigenvalue weighted by Crippen LogP contribution is 2.28. The number of methoxy groups -OCH3 is 1. The Labute approximate surface area is 142 Å². The number of hydrogen-bond acceptors (Lipinski definition) is 2. The van der Waals surface area contributed by atoms with Gasteiger partial charge < -0.3 is 10.1 Å². The van der Waals surface area contributed by atoms with Crippen LogP contribution in [0.5, 0.6) is 5.75 Å². The molecule has 0 saturated carbocycles. The van der Waals surface area contributed by atoms with Gasteiger partial charge >= 0.3 is 0 Å². The molecule has 0 aromatic heterocycles. The van der Waals surface area contributed by atoms with E-state index in [1.165, 1.54) is 0 Å². The lowest BCUT2D eigenvalue weighted by molar-refractivity contribution is 0.102. The third-order valence-electron chi connectivity index (χ3n) is 2.59. The summed E-state index contributed by atoms with van der Waals surface area (Å²) in [6.07, 6.45) is 0. The van der Waals surface area contributed by atoms with Crippen LogP contribution in [-0.4, -0.2) is 13.0 Å². The molecule has 104 valence electrons. The Morgan fingerprint density at radius 3 is 2.40 bits per heavy atom. The van der Waals surface area contributed by atoms with E-state index in [1.54, 1.807) is 25.3 Å². The highest BCUT2D eigenvalue weighted by molar-refractivity contribution is 9.11. The minimum atomic E-state index is -0.184. The molecule has 20 heavy (non-hydrogen) atoms. The quantitative estimate of drug-likeness (QED) is 0.676. The number of benzene rings is 2. The van der Waals surface area contributed by atoms with Crippen molar-refractivity contribution < 1.29 is 9.53 Å². The second-order valence-electron chi connectivity index (χ2n) is 3.93. The first-order valence-electron chi connectivity index (χ1n) is 5.61. The van der Waals surface area contributed by atoms with Crippen molar-refractivity contribution >= 4 is 59.4 Å². The van der Waals surface area contributed by atoms with E-state index in [4.69, 9.17) is 4.74 Å². The van der Waals surface area contributed by atoms with Gasteiger partial charge in [-0.2, -0.15) is 0 Å². The topological polar surface area (TPSA) is 38.3 Å². The van der Waals surface area contributed by atoms with Gasteiger partial charge in [0.05, 0.1) is 17.3 Å². The van der Waals surface area contributed by atoms with Crippen molar-refractivity contribution in [1.82, 2.24) is 0 Å². The highest BCUT2D eigenvalue weighted by Gasteiger charge is 2.10. The van der Waals surface area contributed by atoms with E-state index in [0.717, 1.165) is 13.4 Å². The second kappa shape index (κ2) is 6.74. The van der Waals surface area contributed by atoms with Gasteiger partial charge in [0.1, 0.15) is 5.75 Å². The van der Waals surface area contributed by atoms with Crippen LogP contribution >= 0.6 is 47.8 Å². The number of hydrogen-bond donors (Lipinski definition) is 1. The maximum absolute atomic E-state index is 12.2. The summed E-state index contributed by atoms with van der Waals surface area (Å²) in [7, 11) is 1.58. The van der Waals surface area contributed by atoms with E-state index in [0.29, 0.717) is 17.0 Å². The predicted molar refractivity (Wildman–Crippen MR) is 90.5 cm³/mol. The van der Waals surface area contributed by atoms with E-state index >= 15 is 0 Å². The number of rotatable bonds is 3. The molecular formula is C14H10Br3NO2. The maximum Gasteiger partial charge on any atom is 0.255 e. The van der Waals surface area contributed by atoms with Crippen LogP contribution in [-0.2, 0) is 0 Å². The first kappa shape index (κ1) is 15.5. The molecule has 0 atom stereocenters. The third kappa shape index (κ3) is 3.62. The van der Waals surface area contributed by atoms with Gasteiger partial charge in [0, 0.05) is 14.5 Å². The molecule has 1 N–H and O–H groups in total. The Hall–Kier alpha value is -0.850. The first-order valence-corrected chi connectivity index (χ1v) is 7.99. The van der Waals surface area contributed by atoms with Gasteiger partial charge in [-0.15, -0.1) is 0 Å². The van der Waals surface area contributed by atoms with Crippen LogP contribution in [0.1, 0.15) is 10.4 Å². The average molecular weight is 464 g/mol. The number of carbonyl (C=O) groups excluding carboxylic acids is 1. The second-order valence-corrected chi connectivity index (χ2v) is 6.55. The van der Waals surface area contributed by atoms with Crippen LogP contribution in [0.25, 0.3) is 0 Å². The van der Waals surface area contributed by atoms with E-state index < -0.39 is 0 Å². The van der Waals surface area contributed by atoms with Gasteiger partial charge in [0.25, 0.3) is 5.91 Å². The predicted octanol–water partition coefficient (Wildman–Crippen LogP) is 5.24. The summed E-state index contributed by atoms with van der Waals surface area (Å²) >= 11 is 10.1. The summed E-state index contributed by atoms with van der Waals surface area (Å²) in [4.78, 5) is 12.2. The zero-order valence-electron chi connectivity index (χ0n) is 10.4. The summed E-state index contributed by atoms with van der Waals surface area (Å²) in [5.74, 6) is 0.503. The molecule has 2 rings (SSSR count). The largest absolute Gasteiger partial charge is 0.496 e. The minimum Gasteiger partial charge on any atom is -0.496 e. The van der Waals surface area contributed by atoms with Crippen LogP contribution in [0.4, 0.5) is 5.69 Å². The van der Waals surface area contributed by atoms with Gasteiger partial charge in [-0.3, -0.25) is 4.79 Å². The van der Waals surface area contributed by atoms with E-state index in [9.17, 15) is 4.79 Å². The molecule has 0 aliphatic rings. The molecule has 0 saturated heterocycles. The van der Waals surface area contributed by atoms with Crippen molar-refractivity contribution in [2.75, 3.05) is 12.4 Å². The number of amides is 1. The average Bonchev–Trinajstić information content (AvgIpc) is 2.41. The van der Waals surface area contributed by atoms with Crippen LogP contribution < -0.4 is 10.1 Å². The molecule has 0 heterocycles. The lowest BCUT2D eigenvalue weighted by Gasteiger charge is -2.09. The van der Waals surface area contributed by atoms with Gasteiger partial charge in [-0.05, 0) is 68.3 Å². The number of ether oxygens (including phenoxy) is 1. The van der Waals surface area contributed by atoms with E-state index in [-0.39, 0.29) is 5.91 Å². The number of halogens is 3. The van der Waals surface area contributed by atoms with Crippen LogP contribution in [0.3, 0.4) is 0 Å². The molecule has 2 aromatic rings. The molecule has 3 nitrogen and oxygen atoms in total. The summed E-state index contributed by atoms with van der Waals surface area (Å²) < 4.78 is 7.63. The Bertz CT molecular complexity index is 659. The van der Waals surface area contributed by atoms with Gasteiger partial charge in [0.2, 0.25) is 0 Å². The fourth-order valence-electron chi connectivity index (χ4n) is 1.59. The third-order valence-corrected chi connectivity index (χ3v) is 4.36. The smallest absolute Gasteiger partial charge is 0.255 e. The van der Waals surface area contributed by atoms with Gasteiger partial charge in [-0.1, -0.05) is 15.9 Å². The Kier molecular flexibility index (Phi) is 5.23. The van der Waals surface area contributed by atoms with Crippen LogP contribution in [0, 0.1) is 0 Å². The fourth-order valence-corrected chi connectivity index (χ4v) is 3.28. The van der Waals surface area contributed by atoms with Crippen molar-refractivity contribution in [3.8, 4) is 5.75 Å². The SMILES string of the molecule is COc1ccc(C(=O)Nc2ccc(Br)cc2Br)cc1Br. The summed E-state index contributed by atoms with van der Waals surface area (Å²) in [6.45, 7) is 0. The number of nitrogens with one attached hydrogen (secondary N) is 1. The lowest BCUT2D eigenvalue weighted by Crippen LogP contribution is -2.12. The van der Waals surface area contributed by atoms with Crippen molar-refractivity contribution in [3.05, 3.63) is 55.4 Å². The molecule has 0 radical (unpaired) electrons. The number of carbonyl (C=O) groups is 1. The van der Waals surface area contributed by atoms with Crippen LogP contribution in [0.2, 0.25) is 0 Å². The molecule has 0 aliphatic heterocycles. The molecule has 0 unspecified atom stereocenters. The standard InChI is InChI=1S/C14H10Br3NO2/c1-20-13-5-2-8(6-11(13)17)14(19)18-12-4-3-9(15)7-10(12)16/h2-7H,1H3,(H,18,19). The molecule has 0 fully saturated rings. The zero-order valence-corrected chi connectivity index (χ0v) is 15.2. The molecule has 2 aromatic carbocycles. The Balaban J connectivity index is 2.21. The van der Waals surface area contributed by atoms with Crippen molar-refractivity contribution in [2.45, 2.75) is 0 Å². The summed E-state index contributed by atoms with van der Waals surface area (Å²) in [5.41, 5.74) is 1.26. The summed E-state index contributed by atoms with van der Waals surface area (Å²) in [5, 5.41) is 2.85. The van der Waals surface area contributed by atoms with Gasteiger partial charge in [-0.25, -0.2) is 0 Å². The zero-order chi connectivity index (χ0) is 14.7. The Morgan fingerprint density at radius 2 is 1.80 bits per heavy atom. The molecule has 1 amide bonds. The van der Waals surface area contributed by atoms with E-state index in [1.807, 2.05) is 18.2 Å². The van der Waals surface area contributed by atoms with Crippen LogP contribution in [0.15, 0.2) is 49.8 Å². The van der Waals surface area contributed by atoms with Crippen molar-refractivity contribution in [1.29, 1.82) is 0 Å². The number of anilines is 1. The molecular weight excluding hydrogens is 454 g/mol. The first-order chi connectivity index (χ1) is 9.51. The maximum atomic E-state index is 12.2. The van der Waals surface area contributed by atoms with Crippen molar-refractivity contribution in [3.63, 3.8) is 0 Å². The fraction of sp³-hybridized carbons (Fsp3) is 0.0714. The molecule has 0 bridgehead atoms. The van der Waals surface area contributed by atoms with Gasteiger partial charge in [0.15, 0.2) is 0 Å². The highest BCUT2D eigenvalue weighted by atomic mass is 79.9. The lowest BCUT2D eigenvalue weighted by atomic mass is 10.2. The minimum absolute atomic E-state index is 0.184.